The van der Waals surface area contributed by atoms with E-state index in [2.05, 4.69) is 5.10 Å². The molecule has 1 aromatic carbocycles. The van der Waals surface area contributed by atoms with Gasteiger partial charge in [0.2, 0.25) is 5.91 Å². The second kappa shape index (κ2) is 6.54. The molecule has 1 aliphatic carbocycles. The number of halogens is 3. The molecule has 148 valence electrons. The maximum Gasteiger partial charge on any atom is 0.418 e. The summed E-state index contributed by atoms with van der Waals surface area (Å²) < 4.78 is 40.5. The summed E-state index contributed by atoms with van der Waals surface area (Å²) in [6.07, 6.45) is -1.74. The first-order valence-corrected chi connectivity index (χ1v) is 8.79. The van der Waals surface area contributed by atoms with Crippen molar-refractivity contribution in [2.45, 2.75) is 25.1 Å². The predicted octanol–water partition coefficient (Wildman–Crippen LogP) is 2.04. The van der Waals surface area contributed by atoms with Crippen molar-refractivity contribution in [1.29, 1.82) is 0 Å². The Balaban J connectivity index is 1.59. The van der Waals surface area contributed by atoms with Gasteiger partial charge in [-0.1, -0.05) is 12.1 Å². The zero-order valence-electron chi connectivity index (χ0n) is 14.7. The van der Waals surface area contributed by atoms with Crippen molar-refractivity contribution in [1.82, 2.24) is 19.6 Å². The Labute approximate surface area is 158 Å². The van der Waals surface area contributed by atoms with Gasteiger partial charge in [-0.05, 0) is 25.0 Å². The van der Waals surface area contributed by atoms with Crippen LogP contribution in [0.3, 0.4) is 0 Å². The van der Waals surface area contributed by atoms with Gasteiger partial charge in [0, 0.05) is 19.1 Å². The number of amides is 2. The number of alkyl halides is 3. The molecule has 0 atom stereocenters. The zero-order chi connectivity index (χ0) is 20.1. The maximum atomic E-state index is 13.2. The number of hydrogen-bond donors (Lipinski definition) is 1. The van der Waals surface area contributed by atoms with Crippen molar-refractivity contribution in [2.24, 2.45) is 0 Å². The van der Waals surface area contributed by atoms with Crippen LogP contribution in [0, 0.1) is 0 Å². The highest BCUT2D eigenvalue weighted by Gasteiger charge is 2.38. The first-order valence-electron chi connectivity index (χ1n) is 8.79. The van der Waals surface area contributed by atoms with Crippen LogP contribution >= 0.6 is 0 Å². The van der Waals surface area contributed by atoms with Gasteiger partial charge < -0.3 is 14.9 Å². The lowest BCUT2D eigenvalue weighted by molar-refractivity contribution is -0.137. The molecule has 1 aromatic heterocycles. The van der Waals surface area contributed by atoms with E-state index >= 15 is 0 Å². The number of para-hydroxylation sites is 1. The van der Waals surface area contributed by atoms with Gasteiger partial charge in [0.25, 0.3) is 5.91 Å². The van der Waals surface area contributed by atoms with Crippen LogP contribution in [-0.2, 0) is 11.0 Å². The molecule has 1 saturated carbocycles. The molecule has 2 aromatic rings. The minimum absolute atomic E-state index is 0.138. The highest BCUT2D eigenvalue weighted by Crippen LogP contribution is 2.34. The molecule has 4 rings (SSSR count). The summed E-state index contributed by atoms with van der Waals surface area (Å²) in [6.45, 7) is 0.543. The third kappa shape index (κ3) is 3.30. The number of hydrogen-bond acceptors (Lipinski definition) is 4. The molecule has 0 radical (unpaired) electrons. The molecule has 2 aliphatic rings. The van der Waals surface area contributed by atoms with Crippen molar-refractivity contribution in [3.8, 4) is 11.4 Å². The van der Waals surface area contributed by atoms with E-state index in [0.717, 1.165) is 29.8 Å². The Bertz CT molecular complexity index is 936. The average Bonchev–Trinajstić information content (AvgIpc) is 3.42. The van der Waals surface area contributed by atoms with Crippen molar-refractivity contribution in [3.05, 3.63) is 41.7 Å². The molecule has 1 N–H and O–H groups in total. The molecule has 2 amide bonds. The van der Waals surface area contributed by atoms with Gasteiger partial charge in [-0.25, -0.2) is 4.68 Å². The van der Waals surface area contributed by atoms with Crippen LogP contribution in [0.1, 0.15) is 28.9 Å². The smallest absolute Gasteiger partial charge is 0.418 e. The van der Waals surface area contributed by atoms with Crippen LogP contribution in [0.15, 0.2) is 30.5 Å². The van der Waals surface area contributed by atoms with Crippen LogP contribution < -0.4 is 0 Å². The van der Waals surface area contributed by atoms with E-state index in [1.807, 2.05) is 0 Å². The number of piperazine rings is 1. The number of aromatic hydroxyl groups is 1. The fourth-order valence-corrected chi connectivity index (χ4v) is 3.34. The van der Waals surface area contributed by atoms with E-state index in [9.17, 15) is 27.9 Å². The molecule has 7 nitrogen and oxygen atoms in total. The van der Waals surface area contributed by atoms with Crippen LogP contribution in [0.2, 0.25) is 0 Å². The average molecular weight is 394 g/mol. The second-order valence-electron chi connectivity index (χ2n) is 6.87. The summed E-state index contributed by atoms with van der Waals surface area (Å²) >= 11 is 0. The van der Waals surface area contributed by atoms with Crippen molar-refractivity contribution in [2.75, 3.05) is 19.6 Å². The molecule has 28 heavy (non-hydrogen) atoms. The van der Waals surface area contributed by atoms with E-state index in [4.69, 9.17) is 0 Å². The Hall–Kier alpha value is -3.04. The highest BCUT2D eigenvalue weighted by molar-refractivity contribution is 5.97. The van der Waals surface area contributed by atoms with E-state index in [-0.39, 0.29) is 36.4 Å². The molecule has 10 heteroatoms. The summed E-state index contributed by atoms with van der Waals surface area (Å²) in [5.74, 6) is -1.41. The Kier molecular flexibility index (Phi) is 4.28. The maximum absolute atomic E-state index is 13.2. The van der Waals surface area contributed by atoms with Crippen molar-refractivity contribution >= 4 is 11.8 Å². The topological polar surface area (TPSA) is 78.7 Å². The van der Waals surface area contributed by atoms with Crippen LogP contribution in [-0.4, -0.2) is 62.2 Å². The fourth-order valence-electron chi connectivity index (χ4n) is 3.34. The summed E-state index contributed by atoms with van der Waals surface area (Å²) in [5, 5.41) is 14.0. The minimum atomic E-state index is -4.62. The van der Waals surface area contributed by atoms with Crippen LogP contribution in [0.25, 0.3) is 5.69 Å². The lowest BCUT2D eigenvalue weighted by atomic mass is 10.2. The molecule has 0 unspecified atom stereocenters. The molecular weight excluding hydrogens is 377 g/mol. The summed E-state index contributed by atoms with van der Waals surface area (Å²) in [7, 11) is 0. The molecule has 0 bridgehead atoms. The molecule has 2 heterocycles. The van der Waals surface area contributed by atoms with Crippen molar-refractivity contribution in [3.63, 3.8) is 0 Å². The largest absolute Gasteiger partial charge is 0.504 e. The van der Waals surface area contributed by atoms with E-state index in [0.29, 0.717) is 6.54 Å². The van der Waals surface area contributed by atoms with E-state index < -0.39 is 23.4 Å². The third-order valence-corrected chi connectivity index (χ3v) is 4.89. The highest BCUT2D eigenvalue weighted by atomic mass is 19.4. The minimum Gasteiger partial charge on any atom is -0.504 e. The SMILES string of the molecule is O=C(c1nn(-c2ccccc2C(F)(F)F)cc1O)N1CCN(C2CC2)C(=O)C1. The Morgan fingerprint density at radius 2 is 1.89 bits per heavy atom. The summed E-state index contributed by atoms with van der Waals surface area (Å²) in [5.41, 5.74) is -1.63. The number of carbonyl (C=O) groups excluding carboxylic acids is 2. The van der Waals surface area contributed by atoms with Gasteiger partial charge in [-0.3, -0.25) is 9.59 Å². The summed E-state index contributed by atoms with van der Waals surface area (Å²) in [4.78, 5) is 27.9. The first kappa shape index (κ1) is 18.3. The molecule has 1 aliphatic heterocycles. The summed E-state index contributed by atoms with van der Waals surface area (Å²) in [6, 6.07) is 4.98. The number of rotatable bonds is 3. The zero-order valence-corrected chi connectivity index (χ0v) is 14.7. The van der Waals surface area contributed by atoms with Gasteiger partial charge >= 0.3 is 6.18 Å². The standard InChI is InChI=1S/C18H17F3N4O3/c19-18(20,21)12-3-1-2-4-13(12)25-9-14(26)16(22-25)17(28)23-7-8-24(11-5-6-11)15(27)10-23/h1-4,9,11,26H,5-8,10H2. The van der Waals surface area contributed by atoms with Crippen LogP contribution in [0.4, 0.5) is 13.2 Å². The van der Waals surface area contributed by atoms with Crippen molar-refractivity contribution < 1.29 is 27.9 Å². The number of benzene rings is 1. The third-order valence-electron chi connectivity index (χ3n) is 4.89. The molecular formula is C18H17F3N4O3. The van der Waals surface area contributed by atoms with E-state index in [1.54, 1.807) is 4.90 Å². The molecule has 1 saturated heterocycles. The van der Waals surface area contributed by atoms with Gasteiger partial charge in [0.05, 0.1) is 17.4 Å². The molecule has 2 fully saturated rings. The van der Waals surface area contributed by atoms with Gasteiger partial charge in [0.1, 0.15) is 6.54 Å². The predicted molar refractivity (Wildman–Crippen MR) is 90.9 cm³/mol. The van der Waals surface area contributed by atoms with Gasteiger partial charge in [0.15, 0.2) is 11.4 Å². The lowest BCUT2D eigenvalue weighted by Gasteiger charge is -2.34. The normalized spacial score (nSPS) is 17.9. The molecule has 0 spiro atoms. The Morgan fingerprint density at radius 3 is 2.54 bits per heavy atom. The van der Waals surface area contributed by atoms with Crippen LogP contribution in [0.5, 0.6) is 5.75 Å². The fraction of sp³-hybridized carbons (Fsp3) is 0.389. The number of carbonyl (C=O) groups is 2. The number of aromatic nitrogens is 2. The number of nitrogens with zero attached hydrogens (tertiary/aromatic N) is 4. The van der Waals surface area contributed by atoms with E-state index in [1.165, 1.54) is 23.1 Å². The second-order valence-corrected chi connectivity index (χ2v) is 6.87. The first-order chi connectivity index (χ1) is 13.3. The Morgan fingerprint density at radius 1 is 1.18 bits per heavy atom. The lowest BCUT2D eigenvalue weighted by Crippen LogP contribution is -2.53. The monoisotopic (exact) mass is 394 g/mol. The van der Waals surface area contributed by atoms with Gasteiger partial charge in [-0.2, -0.15) is 18.3 Å². The quantitative estimate of drug-likeness (QED) is 0.864. The van der Waals surface area contributed by atoms with Gasteiger partial charge in [-0.15, -0.1) is 0 Å².